The van der Waals surface area contributed by atoms with Crippen molar-refractivity contribution in [2.75, 3.05) is 19.5 Å². The SMILES string of the molecule is COc1cc(NC=C(C#N)c2nc(-c3ccc(Br)cc3)cs2)c(C(C)=O)cc1OC. The summed E-state index contributed by atoms with van der Waals surface area (Å²) in [6.07, 6.45) is 1.54. The third-order valence-corrected chi connectivity index (χ3v) is 5.67. The van der Waals surface area contributed by atoms with Crippen LogP contribution in [0.25, 0.3) is 16.8 Å². The lowest BCUT2D eigenvalue weighted by molar-refractivity contribution is 0.101. The largest absolute Gasteiger partial charge is 0.493 e. The van der Waals surface area contributed by atoms with E-state index in [1.165, 1.54) is 38.7 Å². The van der Waals surface area contributed by atoms with E-state index in [1.807, 2.05) is 29.6 Å². The predicted octanol–water partition coefficient (Wildman–Crippen LogP) is 5.77. The van der Waals surface area contributed by atoms with E-state index in [0.717, 1.165) is 15.7 Å². The minimum atomic E-state index is -0.142. The van der Waals surface area contributed by atoms with Crippen LogP contribution in [0.1, 0.15) is 22.3 Å². The molecule has 0 amide bonds. The highest BCUT2D eigenvalue weighted by Crippen LogP contribution is 2.34. The second kappa shape index (κ2) is 9.57. The Kier molecular flexibility index (Phi) is 6.87. The number of ether oxygens (including phenoxy) is 2. The molecule has 8 heteroatoms. The van der Waals surface area contributed by atoms with Crippen LogP contribution in [0.15, 0.2) is 52.5 Å². The number of hydrogen-bond donors (Lipinski definition) is 1. The summed E-state index contributed by atoms with van der Waals surface area (Å²) in [5.41, 5.74) is 3.05. The van der Waals surface area contributed by atoms with Gasteiger partial charge in [0.2, 0.25) is 0 Å². The Hall–Kier alpha value is -3.15. The molecule has 0 bridgehead atoms. The molecule has 6 nitrogen and oxygen atoms in total. The number of ketones is 1. The summed E-state index contributed by atoms with van der Waals surface area (Å²) in [6.45, 7) is 1.46. The molecule has 0 aliphatic heterocycles. The molecule has 152 valence electrons. The average Bonchev–Trinajstić information content (AvgIpc) is 3.24. The van der Waals surface area contributed by atoms with Gasteiger partial charge in [0.05, 0.1) is 25.6 Å². The molecule has 0 saturated heterocycles. The fourth-order valence-electron chi connectivity index (χ4n) is 2.73. The number of carbonyl (C=O) groups excluding carboxylic acids is 1. The number of anilines is 1. The van der Waals surface area contributed by atoms with Crippen LogP contribution < -0.4 is 14.8 Å². The third-order valence-electron chi connectivity index (χ3n) is 4.27. The number of nitrogens with zero attached hydrogens (tertiary/aromatic N) is 2. The highest BCUT2D eigenvalue weighted by molar-refractivity contribution is 9.10. The van der Waals surface area contributed by atoms with Gasteiger partial charge < -0.3 is 14.8 Å². The number of allylic oxidation sites excluding steroid dienone is 1. The number of rotatable bonds is 7. The molecule has 3 aromatic rings. The molecule has 3 rings (SSSR count). The van der Waals surface area contributed by atoms with Gasteiger partial charge in [0.15, 0.2) is 17.3 Å². The quantitative estimate of drug-likeness (QED) is 0.339. The van der Waals surface area contributed by atoms with E-state index >= 15 is 0 Å². The zero-order valence-electron chi connectivity index (χ0n) is 16.5. The van der Waals surface area contributed by atoms with Gasteiger partial charge in [-0.1, -0.05) is 28.1 Å². The molecule has 0 atom stereocenters. The van der Waals surface area contributed by atoms with E-state index in [0.29, 0.717) is 33.3 Å². The van der Waals surface area contributed by atoms with E-state index < -0.39 is 0 Å². The topological polar surface area (TPSA) is 84.2 Å². The molecule has 0 aliphatic rings. The van der Waals surface area contributed by atoms with Crippen molar-refractivity contribution >= 4 is 44.3 Å². The highest BCUT2D eigenvalue weighted by atomic mass is 79.9. The summed E-state index contributed by atoms with van der Waals surface area (Å²) in [4.78, 5) is 16.6. The van der Waals surface area contributed by atoms with Gasteiger partial charge in [-0.15, -0.1) is 11.3 Å². The first-order chi connectivity index (χ1) is 14.5. The van der Waals surface area contributed by atoms with Crippen LogP contribution in [-0.4, -0.2) is 25.0 Å². The zero-order chi connectivity index (χ0) is 21.7. The van der Waals surface area contributed by atoms with Crippen LogP contribution in [-0.2, 0) is 0 Å². The van der Waals surface area contributed by atoms with Crippen molar-refractivity contribution in [2.24, 2.45) is 0 Å². The van der Waals surface area contributed by atoms with E-state index in [1.54, 1.807) is 12.1 Å². The minimum absolute atomic E-state index is 0.142. The molecule has 0 radical (unpaired) electrons. The molecule has 0 unspecified atom stereocenters. The van der Waals surface area contributed by atoms with Gasteiger partial charge in [-0.2, -0.15) is 5.26 Å². The van der Waals surface area contributed by atoms with Crippen molar-refractivity contribution < 1.29 is 14.3 Å². The Morgan fingerprint density at radius 2 is 1.87 bits per heavy atom. The summed E-state index contributed by atoms with van der Waals surface area (Å²) in [6, 6.07) is 13.2. The Labute approximate surface area is 186 Å². The molecular formula is C22H18BrN3O3S. The lowest BCUT2D eigenvalue weighted by atomic mass is 10.1. The zero-order valence-corrected chi connectivity index (χ0v) is 18.9. The normalized spacial score (nSPS) is 11.0. The van der Waals surface area contributed by atoms with Crippen molar-refractivity contribution in [1.29, 1.82) is 5.26 Å². The standard InChI is InChI=1S/C22H18BrN3O3S/c1-13(27)17-8-20(28-2)21(29-3)9-18(17)25-11-15(10-24)22-26-19(12-30-22)14-4-6-16(23)7-5-14/h4-9,11-12,25H,1-3H3. The van der Waals surface area contributed by atoms with Gasteiger partial charge in [-0.3, -0.25) is 4.79 Å². The van der Waals surface area contributed by atoms with Crippen molar-refractivity contribution in [3.8, 4) is 28.8 Å². The fourth-order valence-corrected chi connectivity index (χ4v) is 3.79. The molecule has 30 heavy (non-hydrogen) atoms. The summed E-state index contributed by atoms with van der Waals surface area (Å²) in [5.74, 6) is 0.789. The molecule has 0 fully saturated rings. The first-order valence-electron chi connectivity index (χ1n) is 8.82. The van der Waals surface area contributed by atoms with E-state index in [2.05, 4.69) is 32.3 Å². The first-order valence-corrected chi connectivity index (χ1v) is 10.5. The van der Waals surface area contributed by atoms with Gasteiger partial charge in [0.1, 0.15) is 16.6 Å². The number of thiazole rings is 1. The number of methoxy groups -OCH3 is 2. The molecular weight excluding hydrogens is 466 g/mol. The Morgan fingerprint density at radius 3 is 2.47 bits per heavy atom. The Bertz CT molecular complexity index is 1150. The van der Waals surface area contributed by atoms with Crippen molar-refractivity contribution in [3.63, 3.8) is 0 Å². The predicted molar refractivity (Wildman–Crippen MR) is 122 cm³/mol. The molecule has 1 heterocycles. The van der Waals surface area contributed by atoms with Crippen LogP contribution in [0.3, 0.4) is 0 Å². The summed E-state index contributed by atoms with van der Waals surface area (Å²) < 4.78 is 11.6. The molecule has 2 aromatic carbocycles. The van der Waals surface area contributed by atoms with Gasteiger partial charge in [0.25, 0.3) is 0 Å². The second-order valence-electron chi connectivity index (χ2n) is 6.17. The number of carbonyl (C=O) groups is 1. The lowest BCUT2D eigenvalue weighted by Gasteiger charge is -2.13. The van der Waals surface area contributed by atoms with Crippen LogP contribution >= 0.6 is 27.3 Å². The Balaban J connectivity index is 1.92. The Morgan fingerprint density at radius 1 is 1.20 bits per heavy atom. The highest BCUT2D eigenvalue weighted by Gasteiger charge is 2.15. The van der Waals surface area contributed by atoms with E-state index in [4.69, 9.17) is 9.47 Å². The summed E-state index contributed by atoms with van der Waals surface area (Å²) >= 11 is 4.79. The number of aromatic nitrogens is 1. The number of halogens is 1. The smallest absolute Gasteiger partial charge is 0.162 e. The van der Waals surface area contributed by atoms with Crippen LogP contribution in [0.5, 0.6) is 11.5 Å². The lowest BCUT2D eigenvalue weighted by Crippen LogP contribution is -2.03. The number of nitriles is 1. The first kappa shape index (κ1) is 21.6. The number of Topliss-reactive ketones (excluding diaryl/α,β-unsaturated/α-hetero) is 1. The van der Waals surface area contributed by atoms with Gasteiger partial charge in [0, 0.05) is 33.2 Å². The molecule has 1 aromatic heterocycles. The second-order valence-corrected chi connectivity index (χ2v) is 7.94. The number of nitrogens with one attached hydrogen (secondary N) is 1. The maximum absolute atomic E-state index is 12.1. The molecule has 0 saturated carbocycles. The van der Waals surface area contributed by atoms with Crippen molar-refractivity contribution in [3.05, 3.63) is 63.0 Å². The maximum Gasteiger partial charge on any atom is 0.162 e. The third kappa shape index (κ3) is 4.70. The number of benzene rings is 2. The van der Waals surface area contributed by atoms with Crippen molar-refractivity contribution in [1.82, 2.24) is 4.98 Å². The van der Waals surface area contributed by atoms with Crippen LogP contribution in [0.2, 0.25) is 0 Å². The number of hydrogen-bond acceptors (Lipinski definition) is 7. The van der Waals surface area contributed by atoms with Crippen molar-refractivity contribution in [2.45, 2.75) is 6.92 Å². The average molecular weight is 484 g/mol. The van der Waals surface area contributed by atoms with E-state index in [-0.39, 0.29) is 5.78 Å². The monoisotopic (exact) mass is 483 g/mol. The van der Waals surface area contributed by atoms with Crippen LogP contribution in [0.4, 0.5) is 5.69 Å². The summed E-state index contributed by atoms with van der Waals surface area (Å²) in [7, 11) is 3.03. The van der Waals surface area contributed by atoms with Gasteiger partial charge in [-0.25, -0.2) is 4.98 Å². The van der Waals surface area contributed by atoms with E-state index in [9.17, 15) is 10.1 Å². The molecule has 0 aliphatic carbocycles. The van der Waals surface area contributed by atoms with Gasteiger partial charge in [-0.05, 0) is 25.1 Å². The van der Waals surface area contributed by atoms with Gasteiger partial charge >= 0.3 is 0 Å². The fraction of sp³-hybridized carbons (Fsp3) is 0.136. The maximum atomic E-state index is 12.1. The summed E-state index contributed by atoms with van der Waals surface area (Å²) in [5, 5.41) is 15.2. The molecule has 1 N–H and O–H groups in total. The van der Waals surface area contributed by atoms with Crippen LogP contribution in [0, 0.1) is 11.3 Å². The molecule has 0 spiro atoms. The minimum Gasteiger partial charge on any atom is -0.493 e.